The first kappa shape index (κ1) is 21.2. The molecule has 0 aromatic rings. The monoisotopic (exact) mass is 232 g/mol. The highest BCUT2D eigenvalue weighted by Crippen LogP contribution is 2.23. The van der Waals surface area contributed by atoms with E-state index in [4.69, 9.17) is 0 Å². The van der Waals surface area contributed by atoms with Gasteiger partial charge < -0.3 is 10.6 Å². The summed E-state index contributed by atoms with van der Waals surface area (Å²) in [6, 6.07) is 0. The van der Waals surface area contributed by atoms with Crippen molar-refractivity contribution in [3.8, 4) is 0 Å². The van der Waals surface area contributed by atoms with Gasteiger partial charge >= 0.3 is 0 Å². The normalized spacial score (nSPS) is 9.75. The smallest absolute Gasteiger partial charge is 0.00468 e. The summed E-state index contributed by atoms with van der Waals surface area (Å²) >= 11 is 0. The van der Waals surface area contributed by atoms with Crippen LogP contribution >= 0.6 is 0 Å². The number of hydrogen-bond donors (Lipinski definition) is 2. The van der Waals surface area contributed by atoms with E-state index in [-0.39, 0.29) is 0 Å². The van der Waals surface area contributed by atoms with E-state index in [1.807, 2.05) is 27.9 Å². The van der Waals surface area contributed by atoms with Crippen molar-refractivity contribution in [1.29, 1.82) is 0 Å². The number of rotatable bonds is 6. The molecular weight excluding hydrogens is 196 g/mol. The van der Waals surface area contributed by atoms with E-state index in [1.54, 1.807) is 0 Å². The Morgan fingerprint density at radius 3 is 1.25 bits per heavy atom. The van der Waals surface area contributed by atoms with Gasteiger partial charge in [-0.15, -0.1) is 0 Å². The van der Waals surface area contributed by atoms with Crippen LogP contribution in [0.5, 0.6) is 0 Å². The molecule has 0 aliphatic carbocycles. The van der Waals surface area contributed by atoms with Crippen molar-refractivity contribution < 1.29 is 0 Å². The van der Waals surface area contributed by atoms with Crippen LogP contribution in [0.1, 0.15) is 60.8 Å². The lowest BCUT2D eigenvalue weighted by atomic mass is 9.86. The minimum Gasteiger partial charge on any atom is -0.320 e. The molecule has 0 fully saturated rings. The van der Waals surface area contributed by atoms with Crippen LogP contribution in [0.3, 0.4) is 0 Å². The second kappa shape index (κ2) is 17.3. The molecule has 2 heteroatoms. The van der Waals surface area contributed by atoms with Crippen LogP contribution in [0.15, 0.2) is 0 Å². The van der Waals surface area contributed by atoms with Gasteiger partial charge in [-0.05, 0) is 45.4 Å². The summed E-state index contributed by atoms with van der Waals surface area (Å²) in [7, 11) is 4.02. The van der Waals surface area contributed by atoms with Crippen LogP contribution in [0.2, 0.25) is 0 Å². The van der Waals surface area contributed by atoms with Crippen molar-refractivity contribution in [3.05, 3.63) is 0 Å². The molecule has 0 amide bonds. The molecule has 0 aliphatic rings. The van der Waals surface area contributed by atoms with E-state index in [9.17, 15) is 0 Å². The zero-order valence-electron chi connectivity index (χ0n) is 13.0. The third-order valence-electron chi connectivity index (χ3n) is 2.10. The van der Waals surface area contributed by atoms with Crippen LogP contribution in [-0.2, 0) is 0 Å². The molecule has 2 nitrogen and oxygen atoms in total. The summed E-state index contributed by atoms with van der Waals surface area (Å²) in [5, 5.41) is 6.36. The molecule has 0 spiro atoms. The second-order valence-electron chi connectivity index (χ2n) is 4.58. The lowest BCUT2D eigenvalue weighted by molar-refractivity contribution is 0.303. The van der Waals surface area contributed by atoms with Crippen molar-refractivity contribution in [2.45, 2.75) is 60.8 Å². The molecule has 0 radical (unpaired) electrons. The zero-order chi connectivity index (χ0) is 13.4. The van der Waals surface area contributed by atoms with Crippen molar-refractivity contribution >= 4 is 0 Å². The van der Waals surface area contributed by atoms with E-state index >= 15 is 0 Å². The third kappa shape index (κ3) is 23.6. The Labute approximate surface area is 105 Å². The van der Waals surface area contributed by atoms with Crippen molar-refractivity contribution in [3.63, 3.8) is 0 Å². The van der Waals surface area contributed by atoms with Crippen LogP contribution in [0, 0.1) is 5.41 Å². The maximum atomic E-state index is 3.18. The molecule has 0 unspecified atom stereocenters. The molecule has 2 N–H and O–H groups in total. The first-order valence-corrected chi connectivity index (χ1v) is 6.83. The first-order chi connectivity index (χ1) is 7.54. The summed E-state index contributed by atoms with van der Waals surface area (Å²) in [4.78, 5) is 0. The van der Waals surface area contributed by atoms with E-state index in [2.05, 4.69) is 38.3 Å². The first-order valence-electron chi connectivity index (χ1n) is 6.83. The third-order valence-corrected chi connectivity index (χ3v) is 2.10. The number of hydrogen-bond acceptors (Lipinski definition) is 2. The van der Waals surface area contributed by atoms with Crippen LogP contribution in [0.4, 0.5) is 0 Å². The molecule has 102 valence electrons. The molecule has 0 rings (SSSR count). The fraction of sp³-hybridized carbons (Fsp3) is 1.00. The second-order valence-corrected chi connectivity index (χ2v) is 4.58. The van der Waals surface area contributed by atoms with Crippen LogP contribution in [0.25, 0.3) is 0 Å². The highest BCUT2D eigenvalue weighted by molar-refractivity contribution is 4.69. The van der Waals surface area contributed by atoms with Gasteiger partial charge in [0.2, 0.25) is 0 Å². The predicted molar refractivity (Wildman–Crippen MR) is 78.2 cm³/mol. The highest BCUT2D eigenvalue weighted by Gasteiger charge is 2.15. The van der Waals surface area contributed by atoms with Gasteiger partial charge in [0, 0.05) is 0 Å². The number of nitrogens with one attached hydrogen (secondary N) is 2. The van der Waals surface area contributed by atoms with Gasteiger partial charge in [-0.25, -0.2) is 0 Å². The molecule has 0 bridgehead atoms. The zero-order valence-corrected chi connectivity index (χ0v) is 13.0. The average molecular weight is 232 g/mol. The van der Waals surface area contributed by atoms with Gasteiger partial charge in [0.25, 0.3) is 0 Å². The largest absolute Gasteiger partial charge is 0.320 e. The molecular formula is C14H36N2. The molecule has 0 heterocycles. The molecule has 0 saturated carbocycles. The van der Waals surface area contributed by atoms with E-state index in [0.717, 1.165) is 13.1 Å². The van der Waals surface area contributed by atoms with Gasteiger partial charge in [0.1, 0.15) is 0 Å². The Kier molecular flexibility index (Phi) is 23.0. The highest BCUT2D eigenvalue weighted by atomic mass is 14.8. The van der Waals surface area contributed by atoms with Crippen molar-refractivity contribution in [2.75, 3.05) is 27.2 Å². The SMILES string of the molecule is CC.CCC.CNCCC(C)(C)CCNC. The predicted octanol–water partition coefficient (Wildman–Crippen LogP) is 3.67. The molecule has 0 aromatic carbocycles. The molecule has 0 aliphatic heterocycles. The molecule has 0 saturated heterocycles. The van der Waals surface area contributed by atoms with Crippen molar-refractivity contribution in [1.82, 2.24) is 10.6 Å². The van der Waals surface area contributed by atoms with Gasteiger partial charge in [-0.3, -0.25) is 0 Å². The Bertz CT molecular complexity index is 90.9. The average Bonchev–Trinajstić information content (AvgIpc) is 2.28. The van der Waals surface area contributed by atoms with E-state index < -0.39 is 0 Å². The lowest BCUT2D eigenvalue weighted by Gasteiger charge is -2.24. The molecule has 0 aromatic heterocycles. The maximum Gasteiger partial charge on any atom is -0.00468 e. The Morgan fingerprint density at radius 2 is 1.06 bits per heavy atom. The summed E-state index contributed by atoms with van der Waals surface area (Å²) in [6.45, 7) is 15.1. The standard InChI is InChI=1S/C9H22N2.C3H8.C2H6/c1-9(2,5-7-10-3)6-8-11-4;1-3-2;1-2/h10-11H,5-8H2,1-4H3;3H2,1-2H3;1-2H3. The van der Waals surface area contributed by atoms with E-state index in [1.165, 1.54) is 19.3 Å². The minimum absolute atomic E-state index is 0.478. The van der Waals surface area contributed by atoms with Gasteiger partial charge in [-0.1, -0.05) is 48.0 Å². The molecule has 0 atom stereocenters. The van der Waals surface area contributed by atoms with E-state index in [0.29, 0.717) is 5.41 Å². The summed E-state index contributed by atoms with van der Waals surface area (Å²) in [5.41, 5.74) is 0.478. The fourth-order valence-corrected chi connectivity index (χ4v) is 1.05. The summed E-state index contributed by atoms with van der Waals surface area (Å²) < 4.78 is 0. The Balaban J connectivity index is -0.000000289. The minimum atomic E-state index is 0.478. The Morgan fingerprint density at radius 1 is 0.812 bits per heavy atom. The fourth-order valence-electron chi connectivity index (χ4n) is 1.05. The summed E-state index contributed by atoms with van der Waals surface area (Å²) in [5.74, 6) is 0. The summed E-state index contributed by atoms with van der Waals surface area (Å²) in [6.07, 6.45) is 3.76. The maximum absolute atomic E-state index is 3.18. The van der Waals surface area contributed by atoms with Crippen LogP contribution in [-0.4, -0.2) is 27.2 Å². The van der Waals surface area contributed by atoms with Gasteiger partial charge in [0.15, 0.2) is 0 Å². The van der Waals surface area contributed by atoms with Crippen LogP contribution < -0.4 is 10.6 Å². The lowest BCUT2D eigenvalue weighted by Crippen LogP contribution is -2.23. The molecule has 16 heavy (non-hydrogen) atoms. The Hall–Kier alpha value is -0.0800. The van der Waals surface area contributed by atoms with Gasteiger partial charge in [0.05, 0.1) is 0 Å². The topological polar surface area (TPSA) is 24.1 Å². The quantitative estimate of drug-likeness (QED) is 0.730. The van der Waals surface area contributed by atoms with Gasteiger partial charge in [-0.2, -0.15) is 0 Å². The van der Waals surface area contributed by atoms with Crippen molar-refractivity contribution in [2.24, 2.45) is 5.41 Å².